The Hall–Kier alpha value is -1.98. The lowest BCUT2D eigenvalue weighted by Crippen LogP contribution is -2.19. The molecule has 15 heavy (non-hydrogen) atoms. The molecule has 0 spiro atoms. The van der Waals surface area contributed by atoms with Crippen molar-refractivity contribution in [3.05, 3.63) is 38.8 Å². The molecular formula is C9H10N2O4. The fraction of sp³-hybridized carbons (Fsp3) is 0.333. The lowest BCUT2D eigenvalue weighted by molar-refractivity contribution is -0.385. The van der Waals surface area contributed by atoms with Gasteiger partial charge in [-0.2, -0.15) is 0 Å². The molecule has 6 nitrogen and oxygen atoms in total. The van der Waals surface area contributed by atoms with Gasteiger partial charge in [0.15, 0.2) is 0 Å². The van der Waals surface area contributed by atoms with Crippen molar-refractivity contribution in [1.29, 1.82) is 0 Å². The van der Waals surface area contributed by atoms with E-state index in [1.54, 1.807) is 0 Å². The standard InChI is InChI=1S/C9H10N2O4/c1-7(12)4-5-10-6-8(11(14)15)2-3-9(10)13/h2-3,6H,4-5H2,1H3. The van der Waals surface area contributed by atoms with Crippen LogP contribution >= 0.6 is 0 Å². The minimum Gasteiger partial charge on any atom is -0.308 e. The van der Waals surface area contributed by atoms with E-state index in [0.717, 1.165) is 18.3 Å². The summed E-state index contributed by atoms with van der Waals surface area (Å²) in [4.78, 5) is 31.8. The van der Waals surface area contributed by atoms with Gasteiger partial charge in [-0.3, -0.25) is 19.7 Å². The van der Waals surface area contributed by atoms with Crippen LogP contribution < -0.4 is 5.56 Å². The first-order valence-corrected chi connectivity index (χ1v) is 4.35. The van der Waals surface area contributed by atoms with Crippen LogP contribution in [-0.4, -0.2) is 15.3 Å². The number of hydrogen-bond acceptors (Lipinski definition) is 4. The molecule has 0 amide bonds. The molecule has 6 heteroatoms. The number of rotatable bonds is 4. The summed E-state index contributed by atoms with van der Waals surface area (Å²) in [6.07, 6.45) is 1.34. The van der Waals surface area contributed by atoms with E-state index < -0.39 is 4.92 Å². The Bertz CT molecular complexity index is 450. The first kappa shape index (κ1) is 11.1. The number of nitro groups is 1. The summed E-state index contributed by atoms with van der Waals surface area (Å²) in [5, 5.41) is 10.4. The van der Waals surface area contributed by atoms with Gasteiger partial charge in [-0.05, 0) is 6.92 Å². The van der Waals surface area contributed by atoms with Crippen molar-refractivity contribution in [2.24, 2.45) is 0 Å². The maximum Gasteiger partial charge on any atom is 0.285 e. The minimum atomic E-state index is -0.580. The number of pyridine rings is 1. The van der Waals surface area contributed by atoms with Crippen LogP contribution in [0.1, 0.15) is 13.3 Å². The molecule has 0 aliphatic heterocycles. The third-order valence-electron chi connectivity index (χ3n) is 1.88. The number of nitrogens with zero attached hydrogens (tertiary/aromatic N) is 2. The summed E-state index contributed by atoms with van der Waals surface area (Å²) in [6.45, 7) is 1.58. The van der Waals surface area contributed by atoms with E-state index in [9.17, 15) is 19.7 Å². The van der Waals surface area contributed by atoms with Crippen molar-refractivity contribution in [2.45, 2.75) is 19.9 Å². The normalized spacial score (nSPS) is 9.93. The molecule has 0 saturated carbocycles. The Labute approximate surface area is 85.3 Å². The summed E-state index contributed by atoms with van der Waals surface area (Å²) in [6, 6.07) is 2.27. The summed E-state index contributed by atoms with van der Waals surface area (Å²) in [5.41, 5.74) is -0.500. The maximum atomic E-state index is 11.2. The molecule has 0 fully saturated rings. The van der Waals surface area contributed by atoms with E-state index in [1.165, 1.54) is 11.5 Å². The Morgan fingerprint density at radius 1 is 1.53 bits per heavy atom. The van der Waals surface area contributed by atoms with Gasteiger partial charge in [0, 0.05) is 25.1 Å². The molecule has 0 radical (unpaired) electrons. The fourth-order valence-electron chi connectivity index (χ4n) is 1.08. The average Bonchev–Trinajstić information content (AvgIpc) is 2.16. The van der Waals surface area contributed by atoms with Crippen molar-refractivity contribution in [3.63, 3.8) is 0 Å². The van der Waals surface area contributed by atoms with E-state index in [4.69, 9.17) is 0 Å². The van der Waals surface area contributed by atoms with Crippen molar-refractivity contribution < 1.29 is 9.72 Å². The van der Waals surface area contributed by atoms with Crippen LogP contribution in [0, 0.1) is 10.1 Å². The van der Waals surface area contributed by atoms with E-state index in [-0.39, 0.29) is 30.0 Å². The monoisotopic (exact) mass is 210 g/mol. The molecule has 1 heterocycles. The molecular weight excluding hydrogens is 200 g/mol. The molecule has 0 atom stereocenters. The average molecular weight is 210 g/mol. The van der Waals surface area contributed by atoms with Gasteiger partial charge >= 0.3 is 0 Å². The Morgan fingerprint density at radius 2 is 2.20 bits per heavy atom. The topological polar surface area (TPSA) is 82.2 Å². The quantitative estimate of drug-likeness (QED) is 0.542. The van der Waals surface area contributed by atoms with Crippen LogP contribution in [0.25, 0.3) is 0 Å². The second-order valence-electron chi connectivity index (χ2n) is 3.13. The summed E-state index contributed by atoms with van der Waals surface area (Å²) >= 11 is 0. The smallest absolute Gasteiger partial charge is 0.285 e. The van der Waals surface area contributed by atoms with Crippen LogP contribution in [0.3, 0.4) is 0 Å². The highest BCUT2D eigenvalue weighted by atomic mass is 16.6. The SMILES string of the molecule is CC(=O)CCn1cc([N+](=O)[O-])ccc1=O. The van der Waals surface area contributed by atoms with Gasteiger partial charge in [-0.1, -0.05) is 0 Å². The van der Waals surface area contributed by atoms with Crippen LogP contribution in [-0.2, 0) is 11.3 Å². The molecule has 0 saturated heterocycles. The van der Waals surface area contributed by atoms with Crippen LogP contribution in [0.4, 0.5) is 5.69 Å². The molecule has 0 N–H and O–H groups in total. The first-order chi connectivity index (χ1) is 7.00. The predicted octanol–water partition coefficient (Wildman–Crippen LogP) is 0.736. The third-order valence-corrected chi connectivity index (χ3v) is 1.88. The van der Waals surface area contributed by atoms with Gasteiger partial charge in [0.25, 0.3) is 11.2 Å². The van der Waals surface area contributed by atoms with E-state index in [1.807, 2.05) is 0 Å². The van der Waals surface area contributed by atoms with Crippen molar-refractivity contribution in [2.75, 3.05) is 0 Å². The second-order valence-corrected chi connectivity index (χ2v) is 3.13. The van der Waals surface area contributed by atoms with Gasteiger partial charge in [0.1, 0.15) is 5.78 Å². The molecule has 0 aromatic carbocycles. The summed E-state index contributed by atoms with van der Waals surface area (Å²) < 4.78 is 1.17. The summed E-state index contributed by atoms with van der Waals surface area (Å²) in [7, 11) is 0. The number of Topliss-reactive ketones (excluding diaryl/α,β-unsaturated/α-hetero) is 1. The van der Waals surface area contributed by atoms with Gasteiger partial charge in [-0.15, -0.1) is 0 Å². The number of aryl methyl sites for hydroxylation is 1. The molecule has 0 aliphatic rings. The first-order valence-electron chi connectivity index (χ1n) is 4.35. The predicted molar refractivity (Wildman–Crippen MR) is 52.7 cm³/mol. The zero-order chi connectivity index (χ0) is 11.4. The zero-order valence-corrected chi connectivity index (χ0v) is 8.17. The third kappa shape index (κ3) is 3.01. The Morgan fingerprint density at radius 3 is 2.73 bits per heavy atom. The fourth-order valence-corrected chi connectivity index (χ4v) is 1.08. The van der Waals surface area contributed by atoms with E-state index in [0.29, 0.717) is 0 Å². The maximum absolute atomic E-state index is 11.2. The molecule has 1 aromatic heterocycles. The van der Waals surface area contributed by atoms with E-state index in [2.05, 4.69) is 0 Å². The van der Waals surface area contributed by atoms with Gasteiger partial charge in [0.05, 0.1) is 11.1 Å². The van der Waals surface area contributed by atoms with Crippen LogP contribution in [0.2, 0.25) is 0 Å². The van der Waals surface area contributed by atoms with Crippen LogP contribution in [0.15, 0.2) is 23.1 Å². The molecule has 1 rings (SSSR count). The number of carbonyl (C=O) groups is 1. The van der Waals surface area contributed by atoms with Crippen molar-refractivity contribution >= 4 is 11.5 Å². The number of ketones is 1. The van der Waals surface area contributed by atoms with Crippen LogP contribution in [0.5, 0.6) is 0 Å². The highest BCUT2D eigenvalue weighted by molar-refractivity contribution is 5.75. The highest BCUT2D eigenvalue weighted by Gasteiger charge is 2.07. The molecule has 0 unspecified atom stereocenters. The van der Waals surface area contributed by atoms with Gasteiger partial charge < -0.3 is 4.57 Å². The number of hydrogen-bond donors (Lipinski definition) is 0. The number of carbonyl (C=O) groups excluding carboxylic acids is 1. The second kappa shape index (κ2) is 4.50. The molecule has 0 aliphatic carbocycles. The van der Waals surface area contributed by atoms with E-state index >= 15 is 0 Å². The van der Waals surface area contributed by atoms with Gasteiger partial charge in [-0.25, -0.2) is 0 Å². The minimum absolute atomic E-state index is 0.0617. The Balaban J connectivity index is 2.95. The number of aromatic nitrogens is 1. The van der Waals surface area contributed by atoms with Crippen molar-refractivity contribution in [3.8, 4) is 0 Å². The van der Waals surface area contributed by atoms with Gasteiger partial charge in [0.2, 0.25) is 0 Å². The lowest BCUT2D eigenvalue weighted by Gasteiger charge is -2.02. The Kier molecular flexibility index (Phi) is 3.33. The summed E-state index contributed by atoms with van der Waals surface area (Å²) in [5.74, 6) is -0.0617. The largest absolute Gasteiger partial charge is 0.308 e. The zero-order valence-electron chi connectivity index (χ0n) is 8.17. The molecule has 1 aromatic rings. The lowest BCUT2D eigenvalue weighted by atomic mass is 10.3. The molecule has 0 bridgehead atoms. The highest BCUT2D eigenvalue weighted by Crippen LogP contribution is 2.06. The van der Waals surface area contributed by atoms with Crippen molar-refractivity contribution in [1.82, 2.24) is 4.57 Å². The molecule has 80 valence electrons.